The van der Waals surface area contributed by atoms with E-state index >= 15 is 0 Å². The Labute approximate surface area is 198 Å². The Morgan fingerprint density at radius 2 is 1.21 bits per heavy atom. The third-order valence-electron chi connectivity index (χ3n) is 4.24. The van der Waals surface area contributed by atoms with Crippen LogP contribution in [0.25, 0.3) is 0 Å². The van der Waals surface area contributed by atoms with E-state index in [2.05, 4.69) is 36.7 Å². The van der Waals surface area contributed by atoms with Crippen molar-refractivity contribution in [1.29, 1.82) is 0 Å². The number of ether oxygens (including phenoxy) is 4. The topological polar surface area (TPSA) is 124 Å². The van der Waals surface area contributed by atoms with Gasteiger partial charge in [0.2, 0.25) is 11.8 Å². The maximum Gasteiger partial charge on any atom is 0.246 e. The van der Waals surface area contributed by atoms with Crippen molar-refractivity contribution in [2.24, 2.45) is 5.92 Å². The quantitative estimate of drug-likeness (QED) is 0.207. The maximum atomic E-state index is 11.7. The van der Waals surface area contributed by atoms with Crippen LogP contribution in [0.5, 0.6) is 0 Å². The van der Waals surface area contributed by atoms with Gasteiger partial charge in [0, 0.05) is 31.0 Å². The third kappa shape index (κ3) is 23.4. The van der Waals surface area contributed by atoms with Crippen molar-refractivity contribution in [3.05, 3.63) is 0 Å². The van der Waals surface area contributed by atoms with Crippen molar-refractivity contribution in [1.82, 2.24) is 16.0 Å². The van der Waals surface area contributed by atoms with E-state index in [4.69, 9.17) is 18.9 Å². The highest BCUT2D eigenvalue weighted by atomic mass is 16.5. The summed E-state index contributed by atoms with van der Waals surface area (Å²) in [5.41, 5.74) is 0.0636. The molecule has 0 radical (unpaired) electrons. The van der Waals surface area contributed by atoms with Gasteiger partial charge in [0.15, 0.2) is 5.78 Å². The fourth-order valence-electron chi connectivity index (χ4n) is 2.32. The molecule has 2 amide bonds. The van der Waals surface area contributed by atoms with Gasteiger partial charge in [-0.1, -0.05) is 13.8 Å². The number of rotatable bonds is 21. The zero-order chi connectivity index (χ0) is 25.0. The Balaban J connectivity index is 3.36. The number of nitrogens with one attached hydrogen (secondary N) is 3. The Hall–Kier alpha value is -1.59. The molecule has 0 bridgehead atoms. The third-order valence-corrected chi connectivity index (χ3v) is 4.24. The number of hydrogen-bond acceptors (Lipinski definition) is 8. The molecule has 0 aromatic heterocycles. The Bertz CT molecular complexity index is 537. The van der Waals surface area contributed by atoms with E-state index < -0.39 is 0 Å². The van der Waals surface area contributed by atoms with E-state index in [-0.39, 0.29) is 42.3 Å². The minimum absolute atomic E-state index is 0.0139. The number of Topliss-reactive ketones (excluding diaryl/α,β-unsaturated/α-hetero) is 1. The monoisotopic (exact) mass is 475 g/mol. The van der Waals surface area contributed by atoms with Crippen molar-refractivity contribution in [2.75, 3.05) is 72.5 Å². The molecule has 0 aliphatic heterocycles. The van der Waals surface area contributed by atoms with Gasteiger partial charge in [-0.3, -0.25) is 14.4 Å². The van der Waals surface area contributed by atoms with Crippen LogP contribution >= 0.6 is 0 Å². The molecule has 0 unspecified atom stereocenters. The number of carbonyl (C=O) groups is 3. The molecule has 0 fully saturated rings. The van der Waals surface area contributed by atoms with Gasteiger partial charge in [-0.25, -0.2) is 0 Å². The zero-order valence-electron chi connectivity index (χ0n) is 21.1. The molecule has 0 aliphatic rings. The molecule has 33 heavy (non-hydrogen) atoms. The summed E-state index contributed by atoms with van der Waals surface area (Å²) in [5.74, 6) is -0.181. The zero-order valence-corrected chi connectivity index (χ0v) is 21.1. The largest absolute Gasteiger partial charge is 0.377 e. The lowest BCUT2D eigenvalue weighted by Crippen LogP contribution is -2.37. The highest BCUT2D eigenvalue weighted by molar-refractivity contribution is 5.81. The standard InChI is InChI=1S/C23H45N3O7/c1-19(2)20(27)17-32-15-13-31-12-10-25-22(29)18-33-16-14-30-11-9-24-21(28)7-6-8-26-23(3,4)5/h19,26H,6-18H2,1-5H3,(H,24,28)(H,25,29). The fraction of sp³-hybridized carbons (Fsp3) is 0.870. The molecule has 0 atom stereocenters. The molecule has 194 valence electrons. The van der Waals surface area contributed by atoms with Crippen LogP contribution in [0.2, 0.25) is 0 Å². The van der Waals surface area contributed by atoms with Crippen molar-refractivity contribution < 1.29 is 33.3 Å². The minimum Gasteiger partial charge on any atom is -0.377 e. The summed E-state index contributed by atoms with van der Waals surface area (Å²) in [7, 11) is 0. The predicted molar refractivity (Wildman–Crippen MR) is 126 cm³/mol. The van der Waals surface area contributed by atoms with E-state index in [0.717, 1.165) is 13.0 Å². The van der Waals surface area contributed by atoms with Crippen LogP contribution in [0, 0.1) is 5.92 Å². The van der Waals surface area contributed by atoms with Gasteiger partial charge in [-0.05, 0) is 33.7 Å². The van der Waals surface area contributed by atoms with Crippen molar-refractivity contribution in [3.8, 4) is 0 Å². The average Bonchev–Trinajstić information content (AvgIpc) is 2.74. The van der Waals surface area contributed by atoms with E-state index in [1.807, 2.05) is 13.8 Å². The first-order chi connectivity index (χ1) is 15.6. The van der Waals surface area contributed by atoms with Crippen molar-refractivity contribution >= 4 is 17.6 Å². The first-order valence-corrected chi connectivity index (χ1v) is 11.7. The molecule has 0 saturated carbocycles. The molecule has 10 heteroatoms. The van der Waals surface area contributed by atoms with E-state index in [1.54, 1.807) is 0 Å². The van der Waals surface area contributed by atoms with Crippen LogP contribution < -0.4 is 16.0 Å². The van der Waals surface area contributed by atoms with Gasteiger partial charge >= 0.3 is 0 Å². The normalized spacial score (nSPS) is 11.6. The SMILES string of the molecule is CC(C)C(=O)COCCOCCNC(=O)COCCOCCNC(=O)CCCNC(C)(C)C. The number of carbonyl (C=O) groups excluding carboxylic acids is 3. The summed E-state index contributed by atoms with van der Waals surface area (Å²) in [6.45, 7) is 13.7. The van der Waals surface area contributed by atoms with Crippen molar-refractivity contribution in [3.63, 3.8) is 0 Å². The van der Waals surface area contributed by atoms with E-state index in [1.165, 1.54) is 0 Å². The second kappa shape index (κ2) is 19.8. The highest BCUT2D eigenvalue weighted by Crippen LogP contribution is 1.99. The Morgan fingerprint density at radius 1 is 0.697 bits per heavy atom. The maximum absolute atomic E-state index is 11.7. The molecule has 0 aliphatic carbocycles. The summed E-state index contributed by atoms with van der Waals surface area (Å²) in [6.07, 6.45) is 1.28. The number of ketones is 1. The summed E-state index contributed by atoms with van der Waals surface area (Å²) < 4.78 is 21.1. The number of amides is 2. The van der Waals surface area contributed by atoms with Gasteiger partial charge < -0.3 is 34.9 Å². The molecular formula is C23H45N3O7. The van der Waals surface area contributed by atoms with Crippen LogP contribution in [0.4, 0.5) is 0 Å². The van der Waals surface area contributed by atoms with Crippen LogP contribution in [0.15, 0.2) is 0 Å². The fourth-order valence-corrected chi connectivity index (χ4v) is 2.32. The van der Waals surface area contributed by atoms with Crippen LogP contribution in [-0.4, -0.2) is 95.6 Å². The van der Waals surface area contributed by atoms with Gasteiger partial charge in [-0.15, -0.1) is 0 Å². The molecule has 10 nitrogen and oxygen atoms in total. The summed E-state index contributed by atoms with van der Waals surface area (Å²) in [6, 6.07) is 0. The molecule has 0 spiro atoms. The summed E-state index contributed by atoms with van der Waals surface area (Å²) in [5, 5.41) is 8.84. The lowest BCUT2D eigenvalue weighted by atomic mass is 10.1. The predicted octanol–water partition coefficient (Wildman–Crippen LogP) is 0.679. The van der Waals surface area contributed by atoms with Crippen LogP contribution in [0.3, 0.4) is 0 Å². The number of hydrogen-bond donors (Lipinski definition) is 3. The smallest absolute Gasteiger partial charge is 0.246 e. The lowest BCUT2D eigenvalue weighted by molar-refractivity contribution is -0.128. The molecular weight excluding hydrogens is 430 g/mol. The van der Waals surface area contributed by atoms with Gasteiger partial charge in [0.1, 0.15) is 13.2 Å². The van der Waals surface area contributed by atoms with Crippen LogP contribution in [-0.2, 0) is 33.3 Å². The molecule has 0 saturated heterocycles. The molecule has 0 rings (SSSR count). The first kappa shape index (κ1) is 31.4. The Morgan fingerprint density at radius 3 is 1.76 bits per heavy atom. The molecule has 0 aromatic rings. The lowest BCUT2D eigenvalue weighted by Gasteiger charge is -2.20. The molecule has 3 N–H and O–H groups in total. The summed E-state index contributed by atoms with van der Waals surface area (Å²) in [4.78, 5) is 34.7. The van der Waals surface area contributed by atoms with Crippen LogP contribution in [0.1, 0.15) is 47.5 Å². The van der Waals surface area contributed by atoms with E-state index in [0.29, 0.717) is 59.2 Å². The minimum atomic E-state index is -0.231. The summed E-state index contributed by atoms with van der Waals surface area (Å²) >= 11 is 0. The van der Waals surface area contributed by atoms with Crippen molar-refractivity contribution in [2.45, 2.75) is 53.0 Å². The van der Waals surface area contributed by atoms with Gasteiger partial charge in [0.05, 0.1) is 39.6 Å². The molecule has 0 aromatic carbocycles. The van der Waals surface area contributed by atoms with Gasteiger partial charge in [0.25, 0.3) is 0 Å². The second-order valence-corrected chi connectivity index (χ2v) is 8.93. The van der Waals surface area contributed by atoms with E-state index in [9.17, 15) is 14.4 Å². The van der Waals surface area contributed by atoms with Gasteiger partial charge in [-0.2, -0.15) is 0 Å². The molecule has 0 heterocycles. The Kier molecular flexibility index (Phi) is 18.9. The first-order valence-electron chi connectivity index (χ1n) is 11.7. The highest BCUT2D eigenvalue weighted by Gasteiger charge is 2.08. The second-order valence-electron chi connectivity index (χ2n) is 8.93. The average molecular weight is 476 g/mol.